The summed E-state index contributed by atoms with van der Waals surface area (Å²) in [5.74, 6) is 1.07. The average Bonchev–Trinajstić information content (AvgIpc) is 3.08. The number of aliphatic hydroxyl groups is 1. The largest absolute Gasteiger partial charge is 0.396 e. The Morgan fingerprint density at radius 2 is 1.97 bits per heavy atom. The number of nitrogens with one attached hydrogen (secondary N) is 1. The van der Waals surface area contributed by atoms with Gasteiger partial charge in [-0.05, 0) is 49.2 Å². The van der Waals surface area contributed by atoms with Gasteiger partial charge < -0.3 is 15.0 Å². The summed E-state index contributed by atoms with van der Waals surface area (Å²) in [6.07, 6.45) is 0.475. The van der Waals surface area contributed by atoms with Crippen molar-refractivity contribution < 1.29 is 9.90 Å². The van der Waals surface area contributed by atoms with Crippen molar-refractivity contribution in [3.8, 4) is 17.3 Å². The molecule has 0 spiro atoms. The number of carbonyl (C=O) groups excluding carboxylic acids is 1. The van der Waals surface area contributed by atoms with Gasteiger partial charge in [0.25, 0.3) is 5.91 Å². The topological polar surface area (TPSA) is 93.0 Å². The van der Waals surface area contributed by atoms with E-state index >= 15 is 0 Å². The predicted octanol–water partition coefficient (Wildman–Crippen LogP) is 3.34. The summed E-state index contributed by atoms with van der Waals surface area (Å²) in [5.41, 5.74) is 6.24. The number of aromatic nitrogens is 2. The lowest BCUT2D eigenvalue weighted by molar-refractivity contribution is 0.0602. The number of rotatable bonds is 5. The second-order valence-corrected chi connectivity index (χ2v) is 7.79. The maximum atomic E-state index is 13.0. The highest BCUT2D eigenvalue weighted by Gasteiger charge is 2.32. The van der Waals surface area contributed by atoms with Gasteiger partial charge in [0.1, 0.15) is 5.82 Å². The smallest absolute Gasteiger partial charge is 0.253 e. The van der Waals surface area contributed by atoms with E-state index in [0.717, 1.165) is 33.9 Å². The Balaban J connectivity index is 1.50. The summed E-state index contributed by atoms with van der Waals surface area (Å²) >= 11 is 0. The van der Waals surface area contributed by atoms with Crippen molar-refractivity contribution in [2.45, 2.75) is 26.2 Å². The number of benzene rings is 2. The van der Waals surface area contributed by atoms with Crippen LogP contribution >= 0.6 is 0 Å². The zero-order valence-corrected chi connectivity index (χ0v) is 17.1. The number of likely N-dealkylation sites (tertiary alicyclic amines) is 1. The molecule has 0 saturated carbocycles. The molecular weight excluding hydrogens is 376 g/mol. The van der Waals surface area contributed by atoms with E-state index in [4.69, 9.17) is 10.4 Å². The highest BCUT2D eigenvalue weighted by molar-refractivity contribution is 5.96. The standard InChI is InChI=1S/C24H24N4O2/c1-15-3-6-19(11-21(15)23-16(2)26-22(27-23)9-10-29)24(30)28-13-20(14-28)18-7-4-17(12-25)5-8-18/h3-8,11,20,29H,9-10,13-14H2,1-2H3,(H,26,27). The SMILES string of the molecule is Cc1ccc(C(=O)N2CC(c3ccc(C#N)cc3)C2)cc1-c1[nH]c(CCO)nc1C. The molecule has 0 aliphatic carbocycles. The van der Waals surface area contributed by atoms with Crippen LogP contribution in [-0.4, -0.2) is 45.6 Å². The van der Waals surface area contributed by atoms with E-state index in [9.17, 15) is 4.79 Å². The Hall–Kier alpha value is -3.43. The average molecular weight is 400 g/mol. The molecule has 0 radical (unpaired) electrons. The second-order valence-electron chi connectivity index (χ2n) is 7.79. The number of H-pyrrole nitrogens is 1. The number of nitriles is 1. The molecule has 2 N–H and O–H groups in total. The normalized spacial score (nSPS) is 13.7. The highest BCUT2D eigenvalue weighted by atomic mass is 16.3. The van der Waals surface area contributed by atoms with Crippen LogP contribution in [-0.2, 0) is 6.42 Å². The molecule has 1 amide bonds. The van der Waals surface area contributed by atoms with E-state index in [1.165, 1.54) is 0 Å². The van der Waals surface area contributed by atoms with E-state index in [1.807, 2.05) is 61.2 Å². The molecule has 0 unspecified atom stereocenters. The van der Waals surface area contributed by atoms with Gasteiger partial charge in [-0.1, -0.05) is 18.2 Å². The third-order valence-electron chi connectivity index (χ3n) is 5.72. The maximum Gasteiger partial charge on any atom is 0.253 e. The molecule has 6 heteroatoms. The van der Waals surface area contributed by atoms with Crippen LogP contribution in [0.3, 0.4) is 0 Å². The molecule has 1 aliphatic rings. The third kappa shape index (κ3) is 3.72. The first-order chi connectivity index (χ1) is 14.5. The number of hydrogen-bond acceptors (Lipinski definition) is 4. The lowest BCUT2D eigenvalue weighted by atomic mass is 9.90. The maximum absolute atomic E-state index is 13.0. The summed E-state index contributed by atoms with van der Waals surface area (Å²) < 4.78 is 0. The Morgan fingerprint density at radius 3 is 2.63 bits per heavy atom. The number of nitrogens with zero attached hydrogens (tertiary/aromatic N) is 3. The first-order valence-electron chi connectivity index (χ1n) is 10.1. The van der Waals surface area contributed by atoms with E-state index in [-0.39, 0.29) is 12.5 Å². The summed E-state index contributed by atoms with van der Waals surface area (Å²) in [7, 11) is 0. The Kier molecular flexibility index (Phi) is 5.39. The minimum atomic E-state index is 0.0221. The van der Waals surface area contributed by atoms with Crippen LogP contribution in [0.15, 0.2) is 42.5 Å². The fourth-order valence-electron chi connectivity index (χ4n) is 3.90. The van der Waals surface area contributed by atoms with E-state index < -0.39 is 0 Å². The molecule has 0 atom stereocenters. The number of imidazole rings is 1. The Morgan fingerprint density at radius 1 is 1.23 bits per heavy atom. The molecule has 4 rings (SSSR count). The summed E-state index contributed by atoms with van der Waals surface area (Å²) in [6.45, 7) is 5.34. The molecule has 1 fully saturated rings. The molecule has 1 aromatic heterocycles. The van der Waals surface area contributed by atoms with E-state index in [1.54, 1.807) is 0 Å². The van der Waals surface area contributed by atoms with Crippen molar-refractivity contribution in [1.82, 2.24) is 14.9 Å². The van der Waals surface area contributed by atoms with Crippen LogP contribution < -0.4 is 0 Å². The molecular formula is C24H24N4O2. The number of amides is 1. The van der Waals surface area contributed by atoms with Crippen molar-refractivity contribution in [3.63, 3.8) is 0 Å². The van der Waals surface area contributed by atoms with Gasteiger partial charge in [-0.2, -0.15) is 5.26 Å². The molecule has 30 heavy (non-hydrogen) atoms. The molecule has 1 aliphatic heterocycles. The van der Waals surface area contributed by atoms with Crippen molar-refractivity contribution in [2.75, 3.05) is 19.7 Å². The lowest BCUT2D eigenvalue weighted by Crippen LogP contribution is -2.48. The fraction of sp³-hybridized carbons (Fsp3) is 0.292. The zero-order valence-electron chi connectivity index (χ0n) is 17.1. The Labute approximate surface area is 175 Å². The summed E-state index contributed by atoms with van der Waals surface area (Å²) in [6, 6.07) is 15.5. The third-order valence-corrected chi connectivity index (χ3v) is 5.72. The minimum Gasteiger partial charge on any atom is -0.396 e. The monoisotopic (exact) mass is 400 g/mol. The van der Waals surface area contributed by atoms with E-state index in [2.05, 4.69) is 16.0 Å². The van der Waals surface area contributed by atoms with Gasteiger partial charge in [0.15, 0.2) is 0 Å². The molecule has 6 nitrogen and oxygen atoms in total. The zero-order chi connectivity index (χ0) is 21.3. The number of carbonyl (C=O) groups is 1. The van der Waals surface area contributed by atoms with Gasteiger partial charge >= 0.3 is 0 Å². The molecule has 0 bridgehead atoms. The Bertz CT molecular complexity index is 1120. The number of aliphatic hydroxyl groups excluding tert-OH is 1. The first kappa shape index (κ1) is 19.9. The van der Waals surface area contributed by atoms with Gasteiger partial charge in [-0.15, -0.1) is 0 Å². The number of aryl methyl sites for hydroxylation is 2. The van der Waals surface area contributed by atoms with Crippen LogP contribution in [0.25, 0.3) is 11.3 Å². The van der Waals surface area contributed by atoms with Crippen LogP contribution in [0, 0.1) is 25.2 Å². The highest BCUT2D eigenvalue weighted by Crippen LogP contribution is 2.31. The van der Waals surface area contributed by atoms with Gasteiger partial charge in [-0.25, -0.2) is 4.98 Å². The van der Waals surface area contributed by atoms with E-state index in [0.29, 0.717) is 36.6 Å². The van der Waals surface area contributed by atoms with Gasteiger partial charge in [0.05, 0.1) is 29.6 Å². The molecule has 2 heterocycles. The first-order valence-corrected chi connectivity index (χ1v) is 10.1. The second kappa shape index (κ2) is 8.13. The summed E-state index contributed by atoms with van der Waals surface area (Å²) in [5, 5.41) is 18.1. The van der Waals surface area contributed by atoms with Gasteiger partial charge in [0, 0.05) is 36.6 Å². The van der Waals surface area contributed by atoms with Crippen LogP contribution in [0.4, 0.5) is 0 Å². The lowest BCUT2D eigenvalue weighted by Gasteiger charge is -2.39. The minimum absolute atomic E-state index is 0.0221. The van der Waals surface area contributed by atoms with Gasteiger partial charge in [-0.3, -0.25) is 4.79 Å². The van der Waals surface area contributed by atoms with Crippen molar-refractivity contribution in [3.05, 3.63) is 76.2 Å². The van der Waals surface area contributed by atoms with Crippen LogP contribution in [0.2, 0.25) is 0 Å². The molecule has 2 aromatic carbocycles. The summed E-state index contributed by atoms with van der Waals surface area (Å²) in [4.78, 5) is 22.6. The van der Waals surface area contributed by atoms with Crippen molar-refractivity contribution in [2.24, 2.45) is 0 Å². The van der Waals surface area contributed by atoms with Crippen molar-refractivity contribution >= 4 is 5.91 Å². The van der Waals surface area contributed by atoms with Crippen molar-refractivity contribution in [1.29, 1.82) is 5.26 Å². The van der Waals surface area contributed by atoms with Crippen LogP contribution in [0.5, 0.6) is 0 Å². The molecule has 1 saturated heterocycles. The predicted molar refractivity (Wildman–Crippen MR) is 114 cm³/mol. The fourth-order valence-corrected chi connectivity index (χ4v) is 3.90. The molecule has 152 valence electrons. The van der Waals surface area contributed by atoms with Gasteiger partial charge in [0.2, 0.25) is 0 Å². The number of hydrogen-bond donors (Lipinski definition) is 2. The molecule has 3 aromatic rings. The van der Waals surface area contributed by atoms with Crippen LogP contribution in [0.1, 0.15) is 44.5 Å². The number of aromatic amines is 1. The quantitative estimate of drug-likeness (QED) is 0.687.